The van der Waals surface area contributed by atoms with E-state index in [1.165, 1.54) is 0 Å². The normalized spacial score (nSPS) is 16.6. The van der Waals surface area contributed by atoms with Crippen molar-refractivity contribution in [2.45, 2.75) is 25.9 Å². The molecule has 0 bridgehead atoms. The first-order chi connectivity index (χ1) is 13.0. The average Bonchev–Trinajstić information content (AvgIpc) is 2.69. The molecule has 1 fully saturated rings. The molecule has 2 N–H and O–H groups in total. The average molecular weight is 388 g/mol. The second-order valence-electron chi connectivity index (χ2n) is 6.77. The van der Waals surface area contributed by atoms with E-state index >= 15 is 0 Å². The molecule has 144 valence electrons. The summed E-state index contributed by atoms with van der Waals surface area (Å²) in [6.45, 7) is 7.16. The van der Waals surface area contributed by atoms with Crippen LogP contribution in [0.1, 0.15) is 25.5 Å². The Balaban J connectivity index is 1.55. The molecule has 6 heteroatoms. The zero-order valence-electron chi connectivity index (χ0n) is 15.7. The van der Waals surface area contributed by atoms with Gasteiger partial charge in [0.05, 0.1) is 19.3 Å². The van der Waals surface area contributed by atoms with E-state index in [-0.39, 0.29) is 18.0 Å². The fraction of sp³-hybridized carbons (Fsp3) is 0.381. The minimum atomic E-state index is -0.352. The zero-order chi connectivity index (χ0) is 19.2. The van der Waals surface area contributed by atoms with Crippen LogP contribution in [-0.4, -0.2) is 38.3 Å². The standard InChI is InChI=1S/C21H26ClN3O2/c1-15(19-5-3-4-6-20(19)22)23-16(2)21(26)24-17-7-9-18(10-8-17)25-11-13-27-14-12-25/h3-10,15-16,23H,11-14H2,1-2H3,(H,24,26)/t15-,16+/m0/s1. The quantitative estimate of drug-likeness (QED) is 0.790. The molecular formula is C21H26ClN3O2. The fourth-order valence-corrected chi connectivity index (χ4v) is 3.49. The predicted octanol–water partition coefficient (Wildman–Crippen LogP) is 3.85. The van der Waals surface area contributed by atoms with Gasteiger partial charge in [-0.05, 0) is 49.7 Å². The van der Waals surface area contributed by atoms with Gasteiger partial charge in [0.25, 0.3) is 0 Å². The first-order valence-electron chi connectivity index (χ1n) is 9.28. The van der Waals surface area contributed by atoms with Crippen molar-refractivity contribution in [3.05, 3.63) is 59.1 Å². The Kier molecular flexibility index (Phi) is 6.72. The van der Waals surface area contributed by atoms with Gasteiger partial charge < -0.3 is 15.0 Å². The summed E-state index contributed by atoms with van der Waals surface area (Å²) in [5.74, 6) is -0.0759. The number of morpholine rings is 1. The molecule has 1 amide bonds. The van der Waals surface area contributed by atoms with Crippen LogP contribution in [0.5, 0.6) is 0 Å². The summed E-state index contributed by atoms with van der Waals surface area (Å²) in [5, 5.41) is 6.97. The number of amides is 1. The summed E-state index contributed by atoms with van der Waals surface area (Å²) in [4.78, 5) is 14.8. The Morgan fingerprint density at radius 3 is 2.41 bits per heavy atom. The van der Waals surface area contributed by atoms with E-state index in [2.05, 4.69) is 15.5 Å². The van der Waals surface area contributed by atoms with Crippen molar-refractivity contribution in [3.63, 3.8) is 0 Å². The van der Waals surface area contributed by atoms with E-state index < -0.39 is 0 Å². The fourth-order valence-electron chi connectivity index (χ4n) is 3.19. The van der Waals surface area contributed by atoms with Gasteiger partial charge in [0, 0.05) is 35.5 Å². The van der Waals surface area contributed by atoms with Crippen molar-refractivity contribution in [2.75, 3.05) is 36.5 Å². The number of nitrogens with zero attached hydrogens (tertiary/aromatic N) is 1. The van der Waals surface area contributed by atoms with Gasteiger partial charge in [-0.25, -0.2) is 0 Å². The summed E-state index contributed by atoms with van der Waals surface area (Å²) in [6, 6.07) is 15.2. The molecule has 27 heavy (non-hydrogen) atoms. The van der Waals surface area contributed by atoms with Crippen molar-refractivity contribution >= 4 is 28.9 Å². The minimum absolute atomic E-state index is 0.0249. The summed E-state index contributed by atoms with van der Waals surface area (Å²) in [5.41, 5.74) is 2.92. The first-order valence-corrected chi connectivity index (χ1v) is 9.66. The third-order valence-electron chi connectivity index (χ3n) is 4.78. The smallest absolute Gasteiger partial charge is 0.241 e. The number of carbonyl (C=O) groups excluding carboxylic acids is 1. The second kappa shape index (κ2) is 9.22. The van der Waals surface area contributed by atoms with E-state index in [0.29, 0.717) is 5.02 Å². The topological polar surface area (TPSA) is 53.6 Å². The largest absolute Gasteiger partial charge is 0.378 e. The number of hydrogen-bond donors (Lipinski definition) is 2. The second-order valence-corrected chi connectivity index (χ2v) is 7.17. The van der Waals surface area contributed by atoms with Crippen LogP contribution >= 0.6 is 11.6 Å². The highest BCUT2D eigenvalue weighted by Gasteiger charge is 2.18. The molecule has 2 atom stereocenters. The lowest BCUT2D eigenvalue weighted by Gasteiger charge is -2.29. The maximum atomic E-state index is 12.5. The van der Waals surface area contributed by atoms with E-state index in [1.807, 2.05) is 62.4 Å². The predicted molar refractivity (Wildman–Crippen MR) is 111 cm³/mol. The van der Waals surface area contributed by atoms with Crippen molar-refractivity contribution in [2.24, 2.45) is 0 Å². The molecule has 1 aliphatic rings. The molecule has 2 aromatic carbocycles. The highest BCUT2D eigenvalue weighted by atomic mass is 35.5. The third kappa shape index (κ3) is 5.22. The highest BCUT2D eigenvalue weighted by molar-refractivity contribution is 6.31. The van der Waals surface area contributed by atoms with Gasteiger partial charge >= 0.3 is 0 Å². The van der Waals surface area contributed by atoms with Gasteiger partial charge in [0.15, 0.2) is 0 Å². The van der Waals surface area contributed by atoms with Crippen LogP contribution in [0, 0.1) is 0 Å². The van der Waals surface area contributed by atoms with Crippen LogP contribution in [-0.2, 0) is 9.53 Å². The molecule has 0 aromatic heterocycles. The van der Waals surface area contributed by atoms with Crippen LogP contribution in [0.25, 0.3) is 0 Å². The molecule has 0 aliphatic carbocycles. The van der Waals surface area contributed by atoms with Crippen LogP contribution < -0.4 is 15.5 Å². The summed E-state index contributed by atoms with van der Waals surface area (Å²) >= 11 is 6.24. The maximum Gasteiger partial charge on any atom is 0.241 e. The Labute approximate surface area is 165 Å². The van der Waals surface area contributed by atoms with Crippen LogP contribution in [0.3, 0.4) is 0 Å². The van der Waals surface area contributed by atoms with Crippen LogP contribution in [0.2, 0.25) is 5.02 Å². The third-order valence-corrected chi connectivity index (χ3v) is 5.12. The van der Waals surface area contributed by atoms with Crippen molar-refractivity contribution in [3.8, 4) is 0 Å². The molecule has 0 saturated carbocycles. The highest BCUT2D eigenvalue weighted by Crippen LogP contribution is 2.23. The van der Waals surface area contributed by atoms with Crippen molar-refractivity contribution in [1.29, 1.82) is 0 Å². The van der Waals surface area contributed by atoms with Crippen LogP contribution in [0.15, 0.2) is 48.5 Å². The number of rotatable bonds is 6. The van der Waals surface area contributed by atoms with Crippen molar-refractivity contribution in [1.82, 2.24) is 5.32 Å². The van der Waals surface area contributed by atoms with E-state index in [9.17, 15) is 4.79 Å². The molecular weight excluding hydrogens is 362 g/mol. The molecule has 0 spiro atoms. The van der Waals surface area contributed by atoms with E-state index in [0.717, 1.165) is 43.2 Å². The molecule has 1 saturated heterocycles. The van der Waals surface area contributed by atoms with E-state index in [1.54, 1.807) is 0 Å². The van der Waals surface area contributed by atoms with Crippen molar-refractivity contribution < 1.29 is 9.53 Å². The monoisotopic (exact) mass is 387 g/mol. The summed E-state index contributed by atoms with van der Waals surface area (Å²) in [7, 11) is 0. The van der Waals surface area contributed by atoms with Gasteiger partial charge in [0.2, 0.25) is 5.91 Å². The van der Waals surface area contributed by atoms with Crippen LogP contribution in [0.4, 0.5) is 11.4 Å². The number of anilines is 2. The van der Waals surface area contributed by atoms with Gasteiger partial charge in [0.1, 0.15) is 0 Å². The molecule has 0 unspecified atom stereocenters. The molecule has 5 nitrogen and oxygen atoms in total. The first kappa shape index (κ1) is 19.7. The molecule has 3 rings (SSSR count). The van der Waals surface area contributed by atoms with Gasteiger partial charge in [-0.1, -0.05) is 29.8 Å². The molecule has 1 heterocycles. The number of hydrogen-bond acceptors (Lipinski definition) is 4. The number of ether oxygens (including phenoxy) is 1. The summed E-state index contributed by atoms with van der Waals surface area (Å²) < 4.78 is 5.38. The Bertz CT molecular complexity index is 760. The lowest BCUT2D eigenvalue weighted by molar-refractivity contribution is -0.117. The Morgan fingerprint density at radius 2 is 1.74 bits per heavy atom. The SMILES string of the molecule is C[C@H](N[C@H](C)C(=O)Nc1ccc(N2CCOCC2)cc1)c1ccccc1Cl. The number of benzene rings is 2. The van der Waals surface area contributed by atoms with E-state index in [4.69, 9.17) is 16.3 Å². The maximum absolute atomic E-state index is 12.5. The minimum Gasteiger partial charge on any atom is -0.378 e. The number of halogens is 1. The molecule has 1 aliphatic heterocycles. The lowest BCUT2D eigenvalue weighted by atomic mass is 10.1. The van der Waals surface area contributed by atoms with Gasteiger partial charge in [-0.2, -0.15) is 0 Å². The van der Waals surface area contributed by atoms with Gasteiger partial charge in [-0.15, -0.1) is 0 Å². The number of carbonyl (C=O) groups is 1. The molecule has 2 aromatic rings. The van der Waals surface area contributed by atoms with Gasteiger partial charge in [-0.3, -0.25) is 10.1 Å². The Hall–Kier alpha value is -2.08. The lowest BCUT2D eigenvalue weighted by Crippen LogP contribution is -2.39. The molecule has 0 radical (unpaired) electrons. The summed E-state index contributed by atoms with van der Waals surface area (Å²) in [6.07, 6.45) is 0. The Morgan fingerprint density at radius 1 is 1.07 bits per heavy atom. The number of nitrogens with one attached hydrogen (secondary N) is 2. The zero-order valence-corrected chi connectivity index (χ0v) is 16.5.